The molecule has 0 fully saturated rings. The zero-order valence-electron chi connectivity index (χ0n) is 11.3. The lowest BCUT2D eigenvalue weighted by Gasteiger charge is -2.11. The maximum Gasteiger partial charge on any atom is 0.226 e. The first-order valence-corrected chi connectivity index (χ1v) is 6.95. The van der Waals surface area contributed by atoms with Crippen LogP contribution in [-0.4, -0.2) is 27.0 Å². The van der Waals surface area contributed by atoms with E-state index in [0.717, 1.165) is 5.56 Å². The number of rotatable bonds is 3. The normalized spacial score (nSPS) is 10.9. The molecule has 1 aromatic carbocycles. The van der Waals surface area contributed by atoms with Crippen molar-refractivity contribution in [3.8, 4) is 0 Å². The van der Waals surface area contributed by atoms with Crippen LogP contribution in [0.5, 0.6) is 0 Å². The number of hydrogen-bond donors (Lipinski definition) is 3. The third-order valence-corrected chi connectivity index (χ3v) is 3.73. The Balaban J connectivity index is 2.09. The van der Waals surface area contributed by atoms with Crippen LogP contribution in [0.25, 0.3) is 11.2 Å². The van der Waals surface area contributed by atoms with Gasteiger partial charge in [-0.2, -0.15) is 9.97 Å². The predicted molar refractivity (Wildman–Crippen MR) is 85.7 cm³/mol. The molecule has 0 aliphatic carbocycles. The number of hydrogen-bond acceptors (Lipinski definition) is 5. The number of halogens is 2. The van der Waals surface area contributed by atoms with Crippen molar-refractivity contribution in [1.29, 1.82) is 0 Å². The first kappa shape index (κ1) is 13.9. The van der Waals surface area contributed by atoms with Crippen LogP contribution in [0.3, 0.4) is 0 Å². The monoisotopic (exact) mass is 322 g/mol. The summed E-state index contributed by atoms with van der Waals surface area (Å²) in [5.74, 6) is 1.04. The van der Waals surface area contributed by atoms with Crippen molar-refractivity contribution < 1.29 is 0 Å². The van der Waals surface area contributed by atoms with Crippen LogP contribution in [0.15, 0.2) is 18.5 Å². The molecule has 0 aliphatic heterocycles. The SMILES string of the molecule is CNc1nc(Nc2cc(Cl)c(C)cc2Cl)c2[nH]cnc2n1. The lowest BCUT2D eigenvalue weighted by Crippen LogP contribution is -2.02. The summed E-state index contributed by atoms with van der Waals surface area (Å²) in [4.78, 5) is 15.8. The Bertz CT molecular complexity index is 814. The Kier molecular flexibility index (Phi) is 3.57. The molecule has 0 spiro atoms. The summed E-state index contributed by atoms with van der Waals surface area (Å²) in [6.45, 7) is 1.90. The zero-order valence-corrected chi connectivity index (χ0v) is 12.8. The van der Waals surface area contributed by atoms with E-state index in [2.05, 4.69) is 30.6 Å². The number of imidazole rings is 1. The minimum atomic E-state index is 0.464. The first-order chi connectivity index (χ1) is 10.1. The highest BCUT2D eigenvalue weighted by Gasteiger charge is 2.12. The largest absolute Gasteiger partial charge is 0.357 e. The summed E-state index contributed by atoms with van der Waals surface area (Å²) in [6, 6.07) is 3.57. The Morgan fingerprint density at radius 3 is 2.71 bits per heavy atom. The molecule has 0 atom stereocenters. The number of nitrogens with zero attached hydrogens (tertiary/aromatic N) is 3. The van der Waals surface area contributed by atoms with E-state index in [4.69, 9.17) is 23.2 Å². The fourth-order valence-electron chi connectivity index (χ4n) is 1.91. The Morgan fingerprint density at radius 1 is 1.14 bits per heavy atom. The maximum atomic E-state index is 6.24. The zero-order chi connectivity index (χ0) is 15.0. The van der Waals surface area contributed by atoms with Gasteiger partial charge in [-0.3, -0.25) is 0 Å². The average Bonchev–Trinajstić information content (AvgIpc) is 2.93. The number of benzene rings is 1. The van der Waals surface area contributed by atoms with E-state index >= 15 is 0 Å². The van der Waals surface area contributed by atoms with Crippen LogP contribution < -0.4 is 10.6 Å². The second-order valence-electron chi connectivity index (χ2n) is 4.45. The highest BCUT2D eigenvalue weighted by molar-refractivity contribution is 6.35. The third kappa shape index (κ3) is 2.59. The molecule has 0 saturated heterocycles. The van der Waals surface area contributed by atoms with E-state index < -0.39 is 0 Å². The van der Waals surface area contributed by atoms with Crippen molar-refractivity contribution in [3.05, 3.63) is 34.1 Å². The van der Waals surface area contributed by atoms with Gasteiger partial charge in [-0.15, -0.1) is 0 Å². The van der Waals surface area contributed by atoms with Gasteiger partial charge in [-0.05, 0) is 24.6 Å². The standard InChI is InChI=1S/C13H12Cl2N6/c1-6-3-8(15)9(4-7(6)14)19-12-10-11(18-5-17-10)20-13(16-2)21-12/h3-5H,1-2H3,(H3,16,17,18,19,20,21). The van der Waals surface area contributed by atoms with Crippen LogP contribution in [0, 0.1) is 6.92 Å². The minimum absolute atomic E-state index is 0.464. The van der Waals surface area contributed by atoms with Gasteiger partial charge in [0, 0.05) is 12.1 Å². The van der Waals surface area contributed by atoms with Crippen molar-refractivity contribution >= 4 is 51.8 Å². The Morgan fingerprint density at radius 2 is 1.95 bits per heavy atom. The van der Waals surface area contributed by atoms with Gasteiger partial charge < -0.3 is 15.6 Å². The Labute approximate surface area is 130 Å². The third-order valence-electron chi connectivity index (χ3n) is 3.01. The molecule has 0 saturated carbocycles. The van der Waals surface area contributed by atoms with Gasteiger partial charge in [0.25, 0.3) is 0 Å². The van der Waals surface area contributed by atoms with Gasteiger partial charge in [-0.1, -0.05) is 23.2 Å². The smallest absolute Gasteiger partial charge is 0.226 e. The molecule has 8 heteroatoms. The lowest BCUT2D eigenvalue weighted by molar-refractivity contribution is 1.18. The van der Waals surface area contributed by atoms with E-state index in [1.165, 1.54) is 0 Å². The van der Waals surface area contributed by atoms with Crippen LogP contribution >= 0.6 is 23.2 Å². The van der Waals surface area contributed by atoms with E-state index in [1.807, 2.05) is 6.92 Å². The lowest BCUT2D eigenvalue weighted by atomic mass is 10.2. The topological polar surface area (TPSA) is 78.5 Å². The summed E-state index contributed by atoms with van der Waals surface area (Å²) in [5.41, 5.74) is 2.84. The van der Waals surface area contributed by atoms with Crippen molar-refractivity contribution in [2.45, 2.75) is 6.92 Å². The molecule has 108 valence electrons. The molecule has 3 N–H and O–H groups in total. The maximum absolute atomic E-state index is 6.24. The highest BCUT2D eigenvalue weighted by Crippen LogP contribution is 2.32. The predicted octanol–water partition coefficient (Wildman–Crippen LogP) is 3.75. The summed E-state index contributed by atoms with van der Waals surface area (Å²) < 4.78 is 0. The molecule has 21 heavy (non-hydrogen) atoms. The summed E-state index contributed by atoms with van der Waals surface area (Å²) in [5, 5.41) is 7.25. The fraction of sp³-hybridized carbons (Fsp3) is 0.154. The van der Waals surface area contributed by atoms with Crippen LogP contribution in [0.1, 0.15) is 5.56 Å². The second-order valence-corrected chi connectivity index (χ2v) is 5.27. The van der Waals surface area contributed by atoms with Gasteiger partial charge in [0.05, 0.1) is 17.0 Å². The van der Waals surface area contributed by atoms with Crippen LogP contribution in [0.2, 0.25) is 10.0 Å². The molecule has 3 rings (SSSR count). The molecule has 0 aliphatic rings. The average molecular weight is 323 g/mol. The van der Waals surface area contributed by atoms with Gasteiger partial charge in [0.2, 0.25) is 5.95 Å². The fourth-order valence-corrected chi connectivity index (χ4v) is 2.33. The first-order valence-electron chi connectivity index (χ1n) is 6.20. The molecular formula is C13H12Cl2N6. The quantitative estimate of drug-likeness (QED) is 0.684. The number of nitrogens with one attached hydrogen (secondary N) is 3. The molecule has 2 aromatic heterocycles. The van der Waals surface area contributed by atoms with Crippen molar-refractivity contribution in [1.82, 2.24) is 19.9 Å². The number of fused-ring (bicyclic) bond motifs is 1. The molecule has 3 aromatic rings. The summed E-state index contributed by atoms with van der Waals surface area (Å²) in [7, 11) is 1.74. The molecular weight excluding hydrogens is 311 g/mol. The van der Waals surface area contributed by atoms with Crippen molar-refractivity contribution in [2.24, 2.45) is 0 Å². The van der Waals surface area contributed by atoms with E-state index in [-0.39, 0.29) is 0 Å². The van der Waals surface area contributed by atoms with Crippen molar-refractivity contribution in [3.63, 3.8) is 0 Å². The molecule has 0 radical (unpaired) electrons. The number of aryl methyl sites for hydroxylation is 1. The van der Waals surface area contributed by atoms with E-state index in [0.29, 0.717) is 38.7 Å². The molecule has 0 bridgehead atoms. The number of H-pyrrole nitrogens is 1. The van der Waals surface area contributed by atoms with Gasteiger partial charge in [0.15, 0.2) is 11.5 Å². The highest BCUT2D eigenvalue weighted by atomic mass is 35.5. The van der Waals surface area contributed by atoms with E-state index in [9.17, 15) is 0 Å². The Hall–Kier alpha value is -2.05. The van der Waals surface area contributed by atoms with E-state index in [1.54, 1.807) is 25.5 Å². The number of aromatic amines is 1. The van der Waals surface area contributed by atoms with Crippen LogP contribution in [0.4, 0.5) is 17.5 Å². The van der Waals surface area contributed by atoms with Gasteiger partial charge in [0.1, 0.15) is 5.52 Å². The van der Waals surface area contributed by atoms with Gasteiger partial charge in [-0.25, -0.2) is 4.98 Å². The van der Waals surface area contributed by atoms with Crippen molar-refractivity contribution in [2.75, 3.05) is 17.7 Å². The molecule has 0 unspecified atom stereocenters. The minimum Gasteiger partial charge on any atom is -0.357 e. The summed E-state index contributed by atoms with van der Waals surface area (Å²) >= 11 is 12.4. The number of aromatic nitrogens is 4. The molecule has 6 nitrogen and oxygen atoms in total. The second kappa shape index (κ2) is 5.38. The van der Waals surface area contributed by atoms with Crippen LogP contribution in [-0.2, 0) is 0 Å². The summed E-state index contributed by atoms with van der Waals surface area (Å²) in [6.07, 6.45) is 1.56. The van der Waals surface area contributed by atoms with Gasteiger partial charge >= 0.3 is 0 Å². The molecule has 2 heterocycles. The molecule has 0 amide bonds. The number of anilines is 3.